The molecular formula is C10H12O. The zero-order valence-corrected chi connectivity index (χ0v) is 6.67. The summed E-state index contributed by atoms with van der Waals surface area (Å²) in [5.41, 5.74) is 2.50. The lowest BCUT2D eigenvalue weighted by Crippen LogP contribution is -1.89. The Kier molecular flexibility index (Phi) is 1.38. The van der Waals surface area contributed by atoms with Gasteiger partial charge in [-0.2, -0.15) is 0 Å². The van der Waals surface area contributed by atoms with E-state index in [2.05, 4.69) is 13.0 Å². The van der Waals surface area contributed by atoms with Gasteiger partial charge in [-0.05, 0) is 36.0 Å². The van der Waals surface area contributed by atoms with E-state index in [1.165, 1.54) is 11.1 Å². The molecule has 1 atom stereocenters. The van der Waals surface area contributed by atoms with Gasteiger partial charge in [-0.1, -0.05) is 19.1 Å². The van der Waals surface area contributed by atoms with Crippen LogP contribution in [0, 0.1) is 5.92 Å². The van der Waals surface area contributed by atoms with Gasteiger partial charge in [-0.25, -0.2) is 0 Å². The molecule has 1 aliphatic carbocycles. The van der Waals surface area contributed by atoms with E-state index in [0.717, 1.165) is 12.8 Å². The fraction of sp³-hybridized carbons (Fsp3) is 0.400. The number of hydrogen-bond acceptors (Lipinski definition) is 1. The van der Waals surface area contributed by atoms with Crippen LogP contribution in [0.2, 0.25) is 0 Å². The molecular weight excluding hydrogens is 136 g/mol. The van der Waals surface area contributed by atoms with Crippen molar-refractivity contribution in [3.63, 3.8) is 0 Å². The third-order valence-corrected chi connectivity index (χ3v) is 2.37. The second-order valence-corrected chi connectivity index (χ2v) is 3.43. The Labute approximate surface area is 66.7 Å². The maximum Gasteiger partial charge on any atom is 0.119 e. The molecule has 11 heavy (non-hydrogen) atoms. The highest BCUT2D eigenvalue weighted by Gasteiger charge is 2.19. The van der Waals surface area contributed by atoms with Crippen LogP contribution in [-0.4, -0.2) is 5.11 Å². The average molecular weight is 148 g/mol. The zero-order chi connectivity index (χ0) is 7.84. The molecule has 0 radical (unpaired) electrons. The minimum Gasteiger partial charge on any atom is -0.508 e. The standard InChI is InChI=1S/C10H12O/c1-7-5-8-3-2-4-10(11)9(8)6-7/h2-4,7,11H,5-6H2,1H3. The summed E-state index contributed by atoms with van der Waals surface area (Å²) in [4.78, 5) is 0. The smallest absolute Gasteiger partial charge is 0.119 e. The molecule has 0 saturated heterocycles. The normalized spacial score (nSPS) is 21.7. The fourth-order valence-corrected chi connectivity index (χ4v) is 1.84. The van der Waals surface area contributed by atoms with Crippen LogP contribution in [0.4, 0.5) is 0 Å². The van der Waals surface area contributed by atoms with E-state index >= 15 is 0 Å². The van der Waals surface area contributed by atoms with Crippen LogP contribution in [0.1, 0.15) is 18.1 Å². The van der Waals surface area contributed by atoms with Crippen LogP contribution in [0.3, 0.4) is 0 Å². The maximum atomic E-state index is 9.45. The number of phenolic OH excluding ortho intramolecular Hbond substituents is 1. The molecule has 0 saturated carbocycles. The topological polar surface area (TPSA) is 20.2 Å². The first-order valence-electron chi connectivity index (χ1n) is 4.07. The highest BCUT2D eigenvalue weighted by Crippen LogP contribution is 2.32. The van der Waals surface area contributed by atoms with Gasteiger partial charge in [0.15, 0.2) is 0 Å². The van der Waals surface area contributed by atoms with E-state index in [0.29, 0.717) is 11.7 Å². The zero-order valence-electron chi connectivity index (χ0n) is 6.67. The van der Waals surface area contributed by atoms with Crippen molar-refractivity contribution in [2.24, 2.45) is 5.92 Å². The summed E-state index contributed by atoms with van der Waals surface area (Å²) in [6.45, 7) is 2.22. The van der Waals surface area contributed by atoms with Crippen molar-refractivity contribution in [2.45, 2.75) is 19.8 Å². The van der Waals surface area contributed by atoms with Crippen molar-refractivity contribution in [2.75, 3.05) is 0 Å². The second kappa shape index (κ2) is 2.26. The number of benzene rings is 1. The highest BCUT2D eigenvalue weighted by atomic mass is 16.3. The molecule has 1 nitrogen and oxygen atoms in total. The number of rotatable bonds is 0. The lowest BCUT2D eigenvalue weighted by atomic mass is 10.1. The molecule has 0 bridgehead atoms. The van der Waals surface area contributed by atoms with Crippen LogP contribution in [0.5, 0.6) is 5.75 Å². The summed E-state index contributed by atoms with van der Waals surface area (Å²) in [6, 6.07) is 5.81. The van der Waals surface area contributed by atoms with Gasteiger partial charge in [0.25, 0.3) is 0 Å². The number of hydrogen-bond donors (Lipinski definition) is 1. The first-order chi connectivity index (χ1) is 5.27. The van der Waals surface area contributed by atoms with Crippen molar-refractivity contribution in [1.82, 2.24) is 0 Å². The summed E-state index contributed by atoms with van der Waals surface area (Å²) < 4.78 is 0. The molecule has 0 spiro atoms. The van der Waals surface area contributed by atoms with Gasteiger partial charge < -0.3 is 5.11 Å². The van der Waals surface area contributed by atoms with Gasteiger partial charge in [0, 0.05) is 0 Å². The van der Waals surface area contributed by atoms with E-state index in [1.807, 2.05) is 6.07 Å². The van der Waals surface area contributed by atoms with Crippen molar-refractivity contribution in [3.8, 4) is 5.75 Å². The predicted octanol–water partition coefficient (Wildman–Crippen LogP) is 2.13. The molecule has 0 fully saturated rings. The van der Waals surface area contributed by atoms with Gasteiger partial charge in [-0.15, -0.1) is 0 Å². The second-order valence-electron chi connectivity index (χ2n) is 3.43. The van der Waals surface area contributed by atoms with E-state index in [-0.39, 0.29) is 0 Å². The molecule has 0 aromatic heterocycles. The molecule has 0 heterocycles. The molecule has 2 rings (SSSR count). The summed E-state index contributed by atoms with van der Waals surface area (Å²) in [6.07, 6.45) is 2.17. The lowest BCUT2D eigenvalue weighted by molar-refractivity contribution is 0.466. The summed E-state index contributed by atoms with van der Waals surface area (Å²) in [7, 11) is 0. The van der Waals surface area contributed by atoms with E-state index in [4.69, 9.17) is 0 Å². The van der Waals surface area contributed by atoms with Gasteiger partial charge in [0.1, 0.15) is 5.75 Å². The number of phenols is 1. The van der Waals surface area contributed by atoms with Crippen LogP contribution in [-0.2, 0) is 12.8 Å². The molecule has 1 aromatic rings. The van der Waals surface area contributed by atoms with Crippen molar-refractivity contribution in [3.05, 3.63) is 29.3 Å². The van der Waals surface area contributed by atoms with Gasteiger partial charge in [0.2, 0.25) is 0 Å². The van der Waals surface area contributed by atoms with Crippen molar-refractivity contribution in [1.29, 1.82) is 0 Å². The van der Waals surface area contributed by atoms with E-state index < -0.39 is 0 Å². The maximum absolute atomic E-state index is 9.45. The molecule has 1 aromatic carbocycles. The quantitative estimate of drug-likeness (QED) is 0.597. The number of aromatic hydroxyl groups is 1. The molecule has 0 amide bonds. The first kappa shape index (κ1) is 6.71. The van der Waals surface area contributed by atoms with Gasteiger partial charge >= 0.3 is 0 Å². The monoisotopic (exact) mass is 148 g/mol. The van der Waals surface area contributed by atoms with Crippen LogP contribution in [0.15, 0.2) is 18.2 Å². The molecule has 0 aliphatic heterocycles. The van der Waals surface area contributed by atoms with E-state index in [1.54, 1.807) is 6.07 Å². The van der Waals surface area contributed by atoms with Crippen molar-refractivity contribution >= 4 is 0 Å². The molecule has 1 heteroatoms. The Morgan fingerprint density at radius 2 is 2.18 bits per heavy atom. The minimum absolute atomic E-state index is 0.479. The van der Waals surface area contributed by atoms with Crippen molar-refractivity contribution < 1.29 is 5.11 Å². The Bertz CT molecular complexity index is 278. The van der Waals surface area contributed by atoms with Gasteiger partial charge in [-0.3, -0.25) is 0 Å². The molecule has 1 N–H and O–H groups in total. The predicted molar refractivity (Wildman–Crippen MR) is 44.7 cm³/mol. The minimum atomic E-state index is 0.479. The highest BCUT2D eigenvalue weighted by molar-refractivity contribution is 5.42. The lowest BCUT2D eigenvalue weighted by Gasteiger charge is -1.99. The SMILES string of the molecule is CC1Cc2cccc(O)c2C1. The molecule has 1 unspecified atom stereocenters. The Morgan fingerprint density at radius 1 is 1.36 bits per heavy atom. The van der Waals surface area contributed by atoms with Crippen LogP contribution < -0.4 is 0 Å². The van der Waals surface area contributed by atoms with Crippen LogP contribution in [0.25, 0.3) is 0 Å². The molecule has 1 aliphatic rings. The largest absolute Gasteiger partial charge is 0.508 e. The summed E-state index contributed by atoms with van der Waals surface area (Å²) >= 11 is 0. The Morgan fingerprint density at radius 3 is 2.91 bits per heavy atom. The third-order valence-electron chi connectivity index (χ3n) is 2.37. The Balaban J connectivity index is 2.49. The fourth-order valence-electron chi connectivity index (χ4n) is 1.84. The summed E-state index contributed by atoms with van der Waals surface area (Å²) in [5, 5.41) is 9.45. The first-order valence-corrected chi connectivity index (χ1v) is 4.07. The average Bonchev–Trinajstić information content (AvgIpc) is 2.31. The number of fused-ring (bicyclic) bond motifs is 1. The Hall–Kier alpha value is -0.980. The molecule has 58 valence electrons. The van der Waals surface area contributed by atoms with E-state index in [9.17, 15) is 5.11 Å². The van der Waals surface area contributed by atoms with Crippen LogP contribution >= 0.6 is 0 Å². The van der Waals surface area contributed by atoms with Gasteiger partial charge in [0.05, 0.1) is 0 Å². The third kappa shape index (κ3) is 1.01. The summed E-state index contributed by atoms with van der Waals surface area (Å²) in [5.74, 6) is 1.19.